The SMILES string of the molecule is COC1C(O)CCC(CI)C1C1(C)OC1CC=C(C)C. The number of ether oxygens (including phenoxy) is 2. The lowest BCUT2D eigenvalue weighted by Gasteiger charge is -2.42. The molecule has 0 aromatic heterocycles. The number of alkyl halides is 1. The van der Waals surface area contributed by atoms with Gasteiger partial charge in [-0.3, -0.25) is 0 Å². The molecular formula is C16H27IO3. The smallest absolute Gasteiger partial charge is 0.0980 e. The third-order valence-corrected chi connectivity index (χ3v) is 6.06. The summed E-state index contributed by atoms with van der Waals surface area (Å²) >= 11 is 2.46. The monoisotopic (exact) mass is 394 g/mol. The molecule has 4 heteroatoms. The maximum Gasteiger partial charge on any atom is 0.0980 e. The predicted octanol–water partition coefficient (Wildman–Crippen LogP) is 3.34. The zero-order valence-corrected chi connectivity index (χ0v) is 15.1. The molecule has 20 heavy (non-hydrogen) atoms. The molecule has 0 aromatic rings. The number of rotatable bonds is 5. The van der Waals surface area contributed by atoms with Gasteiger partial charge in [-0.2, -0.15) is 0 Å². The fourth-order valence-electron chi connectivity index (χ4n) is 3.70. The highest BCUT2D eigenvalue weighted by atomic mass is 127. The Balaban J connectivity index is 2.12. The van der Waals surface area contributed by atoms with E-state index in [4.69, 9.17) is 9.47 Å². The van der Waals surface area contributed by atoms with Gasteiger partial charge in [-0.15, -0.1) is 0 Å². The van der Waals surface area contributed by atoms with Crippen molar-refractivity contribution in [2.75, 3.05) is 11.5 Å². The lowest BCUT2D eigenvalue weighted by atomic mass is 9.69. The molecule has 1 heterocycles. The largest absolute Gasteiger partial charge is 0.390 e. The summed E-state index contributed by atoms with van der Waals surface area (Å²) in [6.45, 7) is 6.44. The van der Waals surface area contributed by atoms with Crippen LogP contribution in [0.5, 0.6) is 0 Å². The van der Waals surface area contributed by atoms with Crippen LogP contribution in [0.4, 0.5) is 0 Å². The van der Waals surface area contributed by atoms with E-state index in [0.717, 1.165) is 23.7 Å². The second-order valence-corrected chi connectivity index (χ2v) is 7.47. The van der Waals surface area contributed by atoms with E-state index in [1.54, 1.807) is 7.11 Å². The standard InChI is InChI=1S/C16H27IO3/c1-10(2)5-8-13-16(3,20-13)14-11(9-17)6-7-12(18)15(14)19-4/h5,11-15,18H,6-9H2,1-4H3. The van der Waals surface area contributed by atoms with Gasteiger partial charge in [0.1, 0.15) is 0 Å². The molecule has 6 unspecified atom stereocenters. The third-order valence-electron chi connectivity index (χ3n) is 4.92. The molecule has 1 saturated carbocycles. The van der Waals surface area contributed by atoms with Crippen molar-refractivity contribution >= 4 is 22.6 Å². The molecule has 2 aliphatic rings. The first-order valence-corrected chi connectivity index (χ1v) is 9.04. The van der Waals surface area contributed by atoms with E-state index in [1.165, 1.54) is 5.57 Å². The average molecular weight is 394 g/mol. The first-order valence-electron chi connectivity index (χ1n) is 7.52. The highest BCUT2D eigenvalue weighted by Gasteiger charge is 2.62. The Morgan fingerprint density at radius 1 is 1.45 bits per heavy atom. The van der Waals surface area contributed by atoms with Gasteiger partial charge >= 0.3 is 0 Å². The van der Waals surface area contributed by atoms with E-state index in [-0.39, 0.29) is 23.9 Å². The first-order chi connectivity index (χ1) is 9.43. The molecule has 1 aliphatic heterocycles. The summed E-state index contributed by atoms with van der Waals surface area (Å²) in [6.07, 6.45) is 4.96. The molecule has 1 aliphatic carbocycles. The quantitative estimate of drug-likeness (QED) is 0.337. The van der Waals surface area contributed by atoms with Crippen LogP contribution in [0.25, 0.3) is 0 Å². The number of epoxide rings is 1. The van der Waals surface area contributed by atoms with Crippen LogP contribution in [0.2, 0.25) is 0 Å². The molecule has 2 rings (SSSR count). The summed E-state index contributed by atoms with van der Waals surface area (Å²) in [5, 5.41) is 10.3. The van der Waals surface area contributed by atoms with Crippen LogP contribution >= 0.6 is 22.6 Å². The van der Waals surface area contributed by atoms with Crippen molar-refractivity contribution in [1.82, 2.24) is 0 Å². The summed E-state index contributed by atoms with van der Waals surface area (Å²) in [7, 11) is 1.72. The molecule has 1 saturated heterocycles. The Kier molecular flexibility index (Phi) is 5.54. The summed E-state index contributed by atoms with van der Waals surface area (Å²) in [5.74, 6) is 0.870. The summed E-state index contributed by atoms with van der Waals surface area (Å²) in [4.78, 5) is 0. The summed E-state index contributed by atoms with van der Waals surface area (Å²) in [5.41, 5.74) is 1.20. The third kappa shape index (κ3) is 3.23. The zero-order valence-electron chi connectivity index (χ0n) is 12.9. The van der Waals surface area contributed by atoms with Crippen LogP contribution in [-0.2, 0) is 9.47 Å². The topological polar surface area (TPSA) is 42.0 Å². The van der Waals surface area contributed by atoms with Crippen molar-refractivity contribution in [3.05, 3.63) is 11.6 Å². The first kappa shape index (κ1) is 16.7. The van der Waals surface area contributed by atoms with Gasteiger partial charge in [0.2, 0.25) is 0 Å². The van der Waals surface area contributed by atoms with Gasteiger partial charge in [-0.1, -0.05) is 34.2 Å². The van der Waals surface area contributed by atoms with E-state index in [1.807, 2.05) is 0 Å². The molecule has 0 spiro atoms. The minimum Gasteiger partial charge on any atom is -0.390 e. The van der Waals surface area contributed by atoms with Crippen LogP contribution in [0.1, 0.15) is 40.0 Å². The molecule has 6 atom stereocenters. The molecule has 3 nitrogen and oxygen atoms in total. The van der Waals surface area contributed by atoms with Crippen molar-refractivity contribution < 1.29 is 14.6 Å². The maximum atomic E-state index is 10.3. The van der Waals surface area contributed by atoms with Gasteiger partial charge in [-0.25, -0.2) is 0 Å². The number of hydrogen-bond acceptors (Lipinski definition) is 3. The fourth-order valence-corrected chi connectivity index (χ4v) is 4.69. The van der Waals surface area contributed by atoms with Gasteiger partial charge in [0.25, 0.3) is 0 Å². The number of halogens is 1. The molecule has 2 fully saturated rings. The number of aliphatic hydroxyl groups is 1. The zero-order chi connectivity index (χ0) is 14.9. The molecular weight excluding hydrogens is 367 g/mol. The number of aliphatic hydroxyl groups excluding tert-OH is 1. The van der Waals surface area contributed by atoms with Crippen LogP contribution in [0, 0.1) is 11.8 Å². The Bertz CT molecular complexity index is 367. The number of hydrogen-bond donors (Lipinski definition) is 1. The van der Waals surface area contributed by atoms with E-state index < -0.39 is 0 Å². The van der Waals surface area contributed by atoms with E-state index >= 15 is 0 Å². The van der Waals surface area contributed by atoms with Gasteiger partial charge in [0, 0.05) is 17.5 Å². The molecule has 0 radical (unpaired) electrons. The van der Waals surface area contributed by atoms with Crippen molar-refractivity contribution in [3.63, 3.8) is 0 Å². The highest BCUT2D eigenvalue weighted by Crippen LogP contribution is 2.53. The highest BCUT2D eigenvalue weighted by molar-refractivity contribution is 14.1. The van der Waals surface area contributed by atoms with Crippen molar-refractivity contribution in [2.45, 2.75) is 63.9 Å². The minimum atomic E-state index is -0.352. The van der Waals surface area contributed by atoms with Gasteiger partial charge in [0.15, 0.2) is 0 Å². The molecule has 0 aromatic carbocycles. The fraction of sp³-hybridized carbons (Fsp3) is 0.875. The number of methoxy groups -OCH3 is 1. The molecule has 116 valence electrons. The normalized spacial score (nSPS) is 44.2. The van der Waals surface area contributed by atoms with Crippen LogP contribution in [-0.4, -0.2) is 40.6 Å². The minimum absolute atomic E-state index is 0.0924. The summed E-state index contributed by atoms with van der Waals surface area (Å²) < 4.78 is 12.8. The Labute approximate surface area is 136 Å². The van der Waals surface area contributed by atoms with Crippen LogP contribution in [0.3, 0.4) is 0 Å². The van der Waals surface area contributed by atoms with Crippen molar-refractivity contribution in [1.29, 1.82) is 0 Å². The molecule has 0 bridgehead atoms. The van der Waals surface area contributed by atoms with Crippen molar-refractivity contribution in [2.24, 2.45) is 11.8 Å². The Morgan fingerprint density at radius 2 is 2.15 bits per heavy atom. The van der Waals surface area contributed by atoms with E-state index in [9.17, 15) is 5.11 Å². The van der Waals surface area contributed by atoms with E-state index in [2.05, 4.69) is 49.4 Å². The molecule has 1 N–H and O–H groups in total. The molecule has 0 amide bonds. The second kappa shape index (κ2) is 6.63. The lowest BCUT2D eigenvalue weighted by Crippen LogP contribution is -2.50. The summed E-state index contributed by atoms with van der Waals surface area (Å²) in [6, 6.07) is 0. The average Bonchev–Trinajstić information content (AvgIpc) is 3.08. The maximum absolute atomic E-state index is 10.3. The second-order valence-electron chi connectivity index (χ2n) is 6.59. The van der Waals surface area contributed by atoms with Crippen molar-refractivity contribution in [3.8, 4) is 0 Å². The van der Waals surface area contributed by atoms with Crippen LogP contribution < -0.4 is 0 Å². The van der Waals surface area contributed by atoms with E-state index in [0.29, 0.717) is 11.8 Å². The van der Waals surface area contributed by atoms with Gasteiger partial charge < -0.3 is 14.6 Å². The Hall–Kier alpha value is 0.350. The van der Waals surface area contributed by atoms with Crippen LogP contribution in [0.15, 0.2) is 11.6 Å². The Morgan fingerprint density at radius 3 is 2.70 bits per heavy atom. The van der Waals surface area contributed by atoms with Gasteiger partial charge in [-0.05, 0) is 46.0 Å². The van der Waals surface area contributed by atoms with Gasteiger partial charge in [0.05, 0.1) is 23.9 Å². The lowest BCUT2D eigenvalue weighted by molar-refractivity contribution is -0.104. The number of allylic oxidation sites excluding steroid dienone is 1. The predicted molar refractivity (Wildman–Crippen MR) is 89.2 cm³/mol.